The van der Waals surface area contributed by atoms with Crippen LogP contribution >= 0.6 is 16.1 Å². The molecule has 2 unspecified atom stereocenters. The molecule has 256 valence electrons. The van der Waals surface area contributed by atoms with E-state index in [2.05, 4.69) is 38.2 Å². The third kappa shape index (κ3) is 51.9. The minimum absolute atomic E-state index is 0. The molecule has 0 amide bonds. The summed E-state index contributed by atoms with van der Waals surface area (Å²) in [7, 11) is -4.30. The van der Waals surface area contributed by atoms with Crippen LogP contribution in [0.15, 0.2) is 24.3 Å². The van der Waals surface area contributed by atoms with Crippen LogP contribution < -0.4 is 9.79 Å². The molecule has 4 nitrogen and oxygen atoms in total. The van der Waals surface area contributed by atoms with Gasteiger partial charge in [-0.15, -0.1) is 0 Å². The molecule has 0 aliphatic rings. The van der Waals surface area contributed by atoms with E-state index < -0.39 is 16.1 Å². The molecule has 0 saturated heterocycles. The SMILES string of the molecule is CCCCCCCC/C=C\CCCCCCCC[P+](=O)[O-].CCCCCCCC/C=C\CCCCCCCC[P+](=O)[O-].[Ni+2]. The second-order valence-corrected chi connectivity index (χ2v) is 14.2. The number of allylic oxidation sites excluding steroid dienone is 4. The van der Waals surface area contributed by atoms with Crippen molar-refractivity contribution in [1.82, 2.24) is 0 Å². The minimum atomic E-state index is -2.15. The van der Waals surface area contributed by atoms with Gasteiger partial charge < -0.3 is 9.79 Å². The number of hydrogen-bond donors (Lipinski definition) is 0. The Bertz CT molecular complexity index is 562. The Hall–Kier alpha value is 0.0935. The third-order valence-corrected chi connectivity index (χ3v) is 9.07. The van der Waals surface area contributed by atoms with E-state index in [1.165, 1.54) is 154 Å². The van der Waals surface area contributed by atoms with Crippen LogP contribution in [0.2, 0.25) is 0 Å². The fourth-order valence-electron chi connectivity index (χ4n) is 4.98. The first-order chi connectivity index (χ1) is 20.5. The molecule has 0 aromatic rings. The zero-order valence-corrected chi connectivity index (χ0v) is 31.1. The van der Waals surface area contributed by atoms with Gasteiger partial charge in [0.2, 0.25) is 0 Å². The Kier molecular flexibility index (Phi) is 48.8. The first-order valence-electron chi connectivity index (χ1n) is 18.1. The second-order valence-electron chi connectivity index (χ2n) is 12.0. The van der Waals surface area contributed by atoms with Crippen molar-refractivity contribution in [3.8, 4) is 0 Å². The van der Waals surface area contributed by atoms with E-state index in [-0.39, 0.29) is 16.5 Å². The van der Waals surface area contributed by atoms with Crippen LogP contribution in [0, 0.1) is 0 Å². The van der Waals surface area contributed by atoms with E-state index >= 15 is 0 Å². The smallest absolute Gasteiger partial charge is 0.596 e. The number of hydrogen-bond acceptors (Lipinski definition) is 4. The first-order valence-corrected chi connectivity index (χ1v) is 20.8. The molecular formula is C36H70NiO4P2+2. The van der Waals surface area contributed by atoms with E-state index in [1.54, 1.807) is 0 Å². The van der Waals surface area contributed by atoms with Gasteiger partial charge in [-0.2, -0.15) is 0 Å². The van der Waals surface area contributed by atoms with Gasteiger partial charge in [0.05, 0.1) is 0 Å². The molecule has 0 aliphatic carbocycles. The van der Waals surface area contributed by atoms with Gasteiger partial charge >= 0.3 is 32.5 Å². The third-order valence-electron chi connectivity index (χ3n) is 7.70. The Labute approximate surface area is 280 Å². The zero-order chi connectivity index (χ0) is 31.2. The van der Waals surface area contributed by atoms with Crippen LogP contribution in [-0.2, 0) is 25.6 Å². The van der Waals surface area contributed by atoms with Gasteiger partial charge in [-0.1, -0.05) is 150 Å². The summed E-state index contributed by atoms with van der Waals surface area (Å²) in [5.41, 5.74) is 0. The monoisotopic (exact) mass is 686 g/mol. The molecule has 0 fully saturated rings. The van der Waals surface area contributed by atoms with Gasteiger partial charge in [-0.25, -0.2) is 0 Å². The van der Waals surface area contributed by atoms with Gasteiger partial charge in [-0.3, -0.25) is 0 Å². The van der Waals surface area contributed by atoms with Gasteiger partial charge in [0, 0.05) is 0 Å². The summed E-state index contributed by atoms with van der Waals surface area (Å²) in [6.07, 6.45) is 45.4. The van der Waals surface area contributed by atoms with Gasteiger partial charge in [0.1, 0.15) is 12.3 Å². The average molecular weight is 688 g/mol. The molecule has 0 bridgehead atoms. The Balaban J connectivity index is -0.000000727. The average Bonchev–Trinajstić information content (AvgIpc) is 2.97. The fourth-order valence-corrected chi connectivity index (χ4v) is 5.94. The molecule has 0 saturated carbocycles. The molecule has 7 heteroatoms. The summed E-state index contributed by atoms with van der Waals surface area (Å²) in [5.74, 6) is 0. The summed E-state index contributed by atoms with van der Waals surface area (Å²) >= 11 is 0. The summed E-state index contributed by atoms with van der Waals surface area (Å²) < 4.78 is 20.8. The molecule has 0 N–H and O–H groups in total. The minimum Gasteiger partial charge on any atom is -0.596 e. The van der Waals surface area contributed by atoms with Crippen molar-refractivity contribution < 1.29 is 35.4 Å². The van der Waals surface area contributed by atoms with Crippen LogP contribution in [0.4, 0.5) is 0 Å². The topological polar surface area (TPSA) is 80.3 Å². The molecule has 0 aliphatic heterocycles. The van der Waals surface area contributed by atoms with Crippen LogP contribution in [0.1, 0.15) is 194 Å². The van der Waals surface area contributed by atoms with Crippen LogP contribution in [-0.4, -0.2) is 12.3 Å². The molecule has 0 heterocycles. The van der Waals surface area contributed by atoms with Crippen molar-refractivity contribution in [3.05, 3.63) is 24.3 Å². The quantitative estimate of drug-likeness (QED) is 0.0305. The van der Waals surface area contributed by atoms with Crippen molar-refractivity contribution in [2.45, 2.75) is 194 Å². The van der Waals surface area contributed by atoms with Crippen LogP contribution in [0.25, 0.3) is 0 Å². The van der Waals surface area contributed by atoms with E-state index in [9.17, 15) is 18.9 Å². The van der Waals surface area contributed by atoms with Crippen LogP contribution in [0.5, 0.6) is 0 Å². The maximum Gasteiger partial charge on any atom is 2.00 e. The number of unbranched alkanes of at least 4 members (excludes halogenated alkanes) is 24. The predicted octanol–water partition coefficient (Wildman–Crippen LogP) is 12.3. The maximum atomic E-state index is 10.4. The first kappa shape index (κ1) is 47.5. The standard InChI is InChI=1S/2C18H35O2P.Ni/c2*1-2-3-4-5-6-7-8-9-10-11-12-13-14-15-16-17-18-21(19)20;/h2*9-10H,2-8,11-18H2,1H3;/q;;+2/b2*10-9-;. The maximum absolute atomic E-state index is 10.4. The van der Waals surface area contributed by atoms with E-state index in [0.29, 0.717) is 12.3 Å². The molecule has 43 heavy (non-hydrogen) atoms. The van der Waals surface area contributed by atoms with E-state index in [1.807, 2.05) is 0 Å². The summed E-state index contributed by atoms with van der Waals surface area (Å²) in [6.45, 7) is 4.52. The molecule has 0 rings (SSSR count). The van der Waals surface area contributed by atoms with Gasteiger partial charge in [0.25, 0.3) is 0 Å². The molecule has 2 atom stereocenters. The van der Waals surface area contributed by atoms with Crippen molar-refractivity contribution in [1.29, 1.82) is 0 Å². The van der Waals surface area contributed by atoms with Gasteiger partial charge in [0.15, 0.2) is 0 Å². The van der Waals surface area contributed by atoms with Crippen molar-refractivity contribution in [3.63, 3.8) is 0 Å². The molecule has 0 aromatic heterocycles. The molecule has 0 spiro atoms. The van der Waals surface area contributed by atoms with Crippen molar-refractivity contribution in [2.24, 2.45) is 0 Å². The molecule has 0 aromatic carbocycles. The Morgan fingerprint density at radius 3 is 0.814 bits per heavy atom. The largest absolute Gasteiger partial charge is 2.00 e. The normalized spacial score (nSPS) is 11.9. The predicted molar refractivity (Wildman–Crippen MR) is 184 cm³/mol. The van der Waals surface area contributed by atoms with Crippen LogP contribution in [0.3, 0.4) is 0 Å². The van der Waals surface area contributed by atoms with E-state index in [4.69, 9.17) is 0 Å². The Morgan fingerprint density at radius 2 is 0.581 bits per heavy atom. The molecule has 0 radical (unpaired) electrons. The van der Waals surface area contributed by atoms with Crippen molar-refractivity contribution in [2.75, 3.05) is 12.3 Å². The van der Waals surface area contributed by atoms with Gasteiger partial charge in [-0.05, 0) is 77.0 Å². The fraction of sp³-hybridized carbons (Fsp3) is 0.889. The van der Waals surface area contributed by atoms with E-state index in [0.717, 1.165) is 25.7 Å². The number of rotatable bonds is 32. The summed E-state index contributed by atoms with van der Waals surface area (Å²) in [6, 6.07) is 0. The molecular weight excluding hydrogens is 617 g/mol. The second kappa shape index (κ2) is 44.2. The summed E-state index contributed by atoms with van der Waals surface area (Å²) in [5, 5.41) is 0. The summed E-state index contributed by atoms with van der Waals surface area (Å²) in [4.78, 5) is 20.8. The Morgan fingerprint density at radius 1 is 0.372 bits per heavy atom. The zero-order valence-electron chi connectivity index (χ0n) is 28.4. The van der Waals surface area contributed by atoms with Crippen molar-refractivity contribution >= 4 is 16.1 Å².